The number of amides is 2. The molecule has 0 saturated heterocycles. The molecule has 0 spiro atoms. The van der Waals surface area contributed by atoms with Gasteiger partial charge in [0.1, 0.15) is 6.04 Å². The summed E-state index contributed by atoms with van der Waals surface area (Å²) in [5.74, 6) is -0.213. The first-order chi connectivity index (χ1) is 11.4. The average molecular weight is 322 g/mol. The summed E-state index contributed by atoms with van der Waals surface area (Å²) < 4.78 is 0. The van der Waals surface area contributed by atoms with Crippen molar-refractivity contribution >= 4 is 17.5 Å². The quantitative estimate of drug-likeness (QED) is 0.923. The predicted molar refractivity (Wildman–Crippen MR) is 94.7 cm³/mol. The zero-order chi connectivity index (χ0) is 17.3. The molecule has 1 unspecified atom stereocenters. The van der Waals surface area contributed by atoms with E-state index in [2.05, 4.69) is 11.4 Å². The monoisotopic (exact) mass is 322 g/mol. The molecule has 1 aliphatic rings. The summed E-state index contributed by atoms with van der Waals surface area (Å²) in [7, 11) is 0. The van der Waals surface area contributed by atoms with Gasteiger partial charge in [0.05, 0.1) is 0 Å². The number of carbonyl (C=O) groups is 2. The Kier molecular flexibility index (Phi) is 4.38. The molecular formula is C20H22N2O2. The molecule has 0 bridgehead atoms. The lowest BCUT2D eigenvalue weighted by Gasteiger charge is -2.35. The lowest BCUT2D eigenvalue weighted by Crippen LogP contribution is -2.49. The van der Waals surface area contributed by atoms with Crippen molar-refractivity contribution in [2.75, 3.05) is 5.32 Å². The molecule has 2 aromatic rings. The topological polar surface area (TPSA) is 49.4 Å². The molecule has 2 amide bonds. The first kappa shape index (κ1) is 16.2. The lowest BCUT2D eigenvalue weighted by atomic mass is 9.93. The Morgan fingerprint density at radius 3 is 2.29 bits per heavy atom. The minimum absolute atomic E-state index is 0.0786. The summed E-state index contributed by atoms with van der Waals surface area (Å²) in [6.45, 7) is 6.00. The highest BCUT2D eigenvalue weighted by Gasteiger charge is 2.33. The van der Waals surface area contributed by atoms with Crippen LogP contribution in [0.1, 0.15) is 29.2 Å². The molecule has 24 heavy (non-hydrogen) atoms. The van der Waals surface area contributed by atoms with Gasteiger partial charge in [-0.05, 0) is 48.2 Å². The number of rotatable bonds is 2. The number of carbonyl (C=O) groups excluding carboxylic acids is 2. The van der Waals surface area contributed by atoms with E-state index in [0.29, 0.717) is 13.0 Å². The van der Waals surface area contributed by atoms with E-state index in [9.17, 15) is 9.59 Å². The second-order valence-electron chi connectivity index (χ2n) is 6.50. The standard InChI is InChI=1S/C20H22N2O2/c1-13-8-14(2)10-18(9-13)21-20(24)19-11-16-6-4-5-7-17(16)12-22(19)15(3)23/h4-10,19H,11-12H2,1-3H3,(H,21,24). The first-order valence-corrected chi connectivity index (χ1v) is 8.17. The second-order valence-corrected chi connectivity index (χ2v) is 6.50. The van der Waals surface area contributed by atoms with E-state index in [4.69, 9.17) is 0 Å². The minimum atomic E-state index is -0.474. The van der Waals surface area contributed by atoms with Gasteiger partial charge in [0, 0.05) is 25.6 Å². The van der Waals surface area contributed by atoms with Crippen molar-refractivity contribution in [3.05, 3.63) is 64.7 Å². The maximum absolute atomic E-state index is 12.8. The van der Waals surface area contributed by atoms with Crippen molar-refractivity contribution in [2.45, 2.75) is 39.8 Å². The van der Waals surface area contributed by atoms with E-state index in [0.717, 1.165) is 27.9 Å². The van der Waals surface area contributed by atoms with Crippen molar-refractivity contribution in [3.63, 3.8) is 0 Å². The zero-order valence-electron chi connectivity index (χ0n) is 14.3. The zero-order valence-corrected chi connectivity index (χ0v) is 14.3. The van der Waals surface area contributed by atoms with Crippen molar-refractivity contribution in [2.24, 2.45) is 0 Å². The summed E-state index contributed by atoms with van der Waals surface area (Å²) in [5, 5.41) is 2.98. The number of nitrogens with one attached hydrogen (secondary N) is 1. The molecular weight excluding hydrogens is 300 g/mol. The Balaban J connectivity index is 1.85. The van der Waals surface area contributed by atoms with Gasteiger partial charge in [-0.3, -0.25) is 9.59 Å². The normalized spacial score (nSPS) is 16.5. The molecule has 1 atom stereocenters. The Bertz CT molecular complexity index is 778. The maximum Gasteiger partial charge on any atom is 0.247 e. The molecule has 3 rings (SSSR count). The highest BCUT2D eigenvalue weighted by Crippen LogP contribution is 2.24. The molecule has 124 valence electrons. The van der Waals surface area contributed by atoms with E-state index in [-0.39, 0.29) is 11.8 Å². The van der Waals surface area contributed by atoms with Crippen molar-refractivity contribution < 1.29 is 9.59 Å². The number of benzene rings is 2. The van der Waals surface area contributed by atoms with E-state index in [1.165, 1.54) is 6.92 Å². The molecule has 0 fully saturated rings. The molecule has 0 radical (unpaired) electrons. The van der Waals surface area contributed by atoms with Crippen molar-refractivity contribution in [1.29, 1.82) is 0 Å². The third kappa shape index (κ3) is 3.32. The van der Waals surface area contributed by atoms with E-state index >= 15 is 0 Å². The van der Waals surface area contributed by atoms with Gasteiger partial charge in [0.25, 0.3) is 0 Å². The van der Waals surface area contributed by atoms with Crippen LogP contribution in [-0.4, -0.2) is 22.8 Å². The fourth-order valence-corrected chi connectivity index (χ4v) is 3.36. The number of hydrogen-bond acceptors (Lipinski definition) is 2. The van der Waals surface area contributed by atoms with Gasteiger partial charge in [-0.25, -0.2) is 0 Å². The van der Waals surface area contributed by atoms with Crippen LogP contribution in [0.4, 0.5) is 5.69 Å². The second kappa shape index (κ2) is 6.48. The van der Waals surface area contributed by atoms with E-state index in [1.54, 1.807) is 4.90 Å². The van der Waals surface area contributed by atoms with Crippen molar-refractivity contribution in [1.82, 2.24) is 4.90 Å². The van der Waals surface area contributed by atoms with Crippen LogP contribution in [0.5, 0.6) is 0 Å². The number of hydrogen-bond donors (Lipinski definition) is 1. The molecule has 1 heterocycles. The summed E-state index contributed by atoms with van der Waals surface area (Å²) in [6, 6.07) is 13.5. The van der Waals surface area contributed by atoms with Gasteiger partial charge in [-0.15, -0.1) is 0 Å². The van der Waals surface area contributed by atoms with Crippen molar-refractivity contribution in [3.8, 4) is 0 Å². The Labute approximate surface area is 142 Å². The van der Waals surface area contributed by atoms with Gasteiger partial charge in [0.2, 0.25) is 11.8 Å². The van der Waals surface area contributed by atoms with Crippen LogP contribution in [-0.2, 0) is 22.6 Å². The Hall–Kier alpha value is -2.62. The van der Waals surface area contributed by atoms with Crippen LogP contribution in [0.3, 0.4) is 0 Å². The average Bonchev–Trinajstić information content (AvgIpc) is 2.52. The first-order valence-electron chi connectivity index (χ1n) is 8.17. The van der Waals surface area contributed by atoms with Gasteiger partial charge in [-0.2, -0.15) is 0 Å². The SMILES string of the molecule is CC(=O)N1Cc2ccccc2CC1C(=O)Nc1cc(C)cc(C)c1. The summed E-state index contributed by atoms with van der Waals surface area (Å²) >= 11 is 0. The smallest absolute Gasteiger partial charge is 0.247 e. The largest absolute Gasteiger partial charge is 0.326 e. The summed E-state index contributed by atoms with van der Waals surface area (Å²) in [5.41, 5.74) is 5.23. The summed E-state index contributed by atoms with van der Waals surface area (Å²) in [6.07, 6.45) is 0.548. The molecule has 0 aromatic heterocycles. The lowest BCUT2D eigenvalue weighted by molar-refractivity contribution is -0.138. The third-order valence-corrected chi connectivity index (χ3v) is 4.44. The maximum atomic E-state index is 12.8. The van der Waals surface area contributed by atoms with E-state index in [1.807, 2.05) is 50.2 Å². The van der Waals surface area contributed by atoms with Gasteiger partial charge in [0.15, 0.2) is 0 Å². The predicted octanol–water partition coefficient (Wildman–Crippen LogP) is 3.22. The summed E-state index contributed by atoms with van der Waals surface area (Å²) in [4.78, 5) is 26.5. The third-order valence-electron chi connectivity index (χ3n) is 4.44. The van der Waals surface area contributed by atoms with Crippen LogP contribution in [0.15, 0.2) is 42.5 Å². The Morgan fingerprint density at radius 1 is 1.04 bits per heavy atom. The molecule has 1 N–H and O–H groups in total. The van der Waals surface area contributed by atoms with Crippen LogP contribution in [0, 0.1) is 13.8 Å². The fraction of sp³-hybridized carbons (Fsp3) is 0.300. The number of anilines is 1. The van der Waals surface area contributed by atoms with E-state index < -0.39 is 6.04 Å². The van der Waals surface area contributed by atoms with Crippen LogP contribution < -0.4 is 5.32 Å². The molecule has 4 heteroatoms. The molecule has 2 aromatic carbocycles. The highest BCUT2D eigenvalue weighted by atomic mass is 16.2. The number of aryl methyl sites for hydroxylation is 2. The molecule has 0 aliphatic carbocycles. The molecule has 4 nitrogen and oxygen atoms in total. The van der Waals surface area contributed by atoms with Gasteiger partial charge >= 0.3 is 0 Å². The van der Waals surface area contributed by atoms with Crippen LogP contribution in [0.2, 0.25) is 0 Å². The van der Waals surface area contributed by atoms with Crippen LogP contribution in [0.25, 0.3) is 0 Å². The number of nitrogens with zero attached hydrogens (tertiary/aromatic N) is 1. The molecule has 0 saturated carbocycles. The molecule has 1 aliphatic heterocycles. The highest BCUT2D eigenvalue weighted by molar-refractivity contribution is 5.97. The van der Waals surface area contributed by atoms with Crippen LogP contribution >= 0.6 is 0 Å². The fourth-order valence-electron chi connectivity index (χ4n) is 3.36. The minimum Gasteiger partial charge on any atom is -0.326 e. The number of fused-ring (bicyclic) bond motifs is 1. The van der Waals surface area contributed by atoms with Gasteiger partial charge in [-0.1, -0.05) is 30.3 Å². The Morgan fingerprint density at radius 2 is 1.67 bits per heavy atom. The van der Waals surface area contributed by atoms with Gasteiger partial charge < -0.3 is 10.2 Å².